The molecule has 16 heavy (non-hydrogen) atoms. The minimum atomic E-state index is -0.269. The lowest BCUT2D eigenvalue weighted by Gasteiger charge is -2.10. The van der Waals surface area contributed by atoms with Crippen LogP contribution in [0.4, 0.5) is 0 Å². The van der Waals surface area contributed by atoms with E-state index in [1.807, 2.05) is 13.8 Å². The van der Waals surface area contributed by atoms with Crippen LogP contribution in [0.15, 0.2) is 18.2 Å². The van der Waals surface area contributed by atoms with Crippen LogP contribution in [0.1, 0.15) is 30.6 Å². The predicted molar refractivity (Wildman–Crippen MR) is 61.9 cm³/mol. The van der Waals surface area contributed by atoms with Gasteiger partial charge in [-0.15, -0.1) is 0 Å². The van der Waals surface area contributed by atoms with Crippen LogP contribution >= 0.6 is 0 Å². The van der Waals surface area contributed by atoms with Gasteiger partial charge in [0, 0.05) is 11.6 Å². The van der Waals surface area contributed by atoms with E-state index in [9.17, 15) is 9.90 Å². The van der Waals surface area contributed by atoms with Crippen molar-refractivity contribution in [3.63, 3.8) is 0 Å². The Morgan fingerprint density at radius 1 is 1.38 bits per heavy atom. The summed E-state index contributed by atoms with van der Waals surface area (Å²) >= 11 is 0. The average molecular weight is 223 g/mol. The molecule has 0 aliphatic rings. The van der Waals surface area contributed by atoms with Crippen LogP contribution in [0.25, 0.3) is 0 Å². The molecule has 0 fully saturated rings. The van der Waals surface area contributed by atoms with Gasteiger partial charge in [0.2, 0.25) is 0 Å². The van der Waals surface area contributed by atoms with Crippen molar-refractivity contribution in [3.05, 3.63) is 23.8 Å². The number of rotatable bonds is 5. The highest BCUT2D eigenvalue weighted by Gasteiger charge is 2.09. The topological polar surface area (TPSA) is 69.6 Å². The van der Waals surface area contributed by atoms with Gasteiger partial charge in [-0.1, -0.05) is 6.92 Å². The Balaban J connectivity index is 2.63. The molecule has 88 valence electrons. The molecular weight excluding hydrogens is 206 g/mol. The number of ketones is 1. The predicted octanol–water partition coefficient (Wildman–Crippen LogP) is 1.67. The van der Waals surface area contributed by atoms with Crippen molar-refractivity contribution in [2.75, 3.05) is 6.54 Å². The van der Waals surface area contributed by atoms with Crippen LogP contribution in [0.3, 0.4) is 0 Å². The zero-order valence-corrected chi connectivity index (χ0v) is 9.53. The SMILES string of the molecule is CCC(C)NCC(=O)c1ccc(O)c(O)c1. The number of phenolic OH excluding ortho intramolecular Hbond substituents is 2. The number of carbonyl (C=O) groups excluding carboxylic acids is 1. The van der Waals surface area contributed by atoms with E-state index in [1.54, 1.807) is 0 Å². The number of carbonyl (C=O) groups is 1. The number of Topliss-reactive ketones (excluding diaryl/α,β-unsaturated/α-hetero) is 1. The lowest BCUT2D eigenvalue weighted by Crippen LogP contribution is -2.30. The molecule has 1 aromatic carbocycles. The second kappa shape index (κ2) is 5.51. The zero-order chi connectivity index (χ0) is 12.1. The molecule has 1 unspecified atom stereocenters. The van der Waals surface area contributed by atoms with E-state index in [0.717, 1.165) is 6.42 Å². The number of phenols is 2. The van der Waals surface area contributed by atoms with Crippen molar-refractivity contribution in [3.8, 4) is 11.5 Å². The second-order valence-corrected chi connectivity index (χ2v) is 3.82. The van der Waals surface area contributed by atoms with Crippen LogP contribution in [0.2, 0.25) is 0 Å². The number of hydrogen-bond donors (Lipinski definition) is 3. The largest absolute Gasteiger partial charge is 0.504 e. The third-order valence-electron chi connectivity index (χ3n) is 2.52. The molecule has 4 heteroatoms. The molecule has 0 saturated carbocycles. The molecule has 0 amide bonds. The summed E-state index contributed by atoms with van der Waals surface area (Å²) in [5.41, 5.74) is 0.395. The maximum absolute atomic E-state index is 11.7. The highest BCUT2D eigenvalue weighted by molar-refractivity contribution is 5.98. The average Bonchev–Trinajstić information content (AvgIpc) is 2.29. The minimum Gasteiger partial charge on any atom is -0.504 e. The van der Waals surface area contributed by atoms with Gasteiger partial charge in [0.1, 0.15) is 0 Å². The van der Waals surface area contributed by atoms with E-state index in [4.69, 9.17) is 5.11 Å². The van der Waals surface area contributed by atoms with Gasteiger partial charge in [-0.25, -0.2) is 0 Å². The summed E-state index contributed by atoms with van der Waals surface area (Å²) in [5.74, 6) is -0.587. The molecule has 0 radical (unpaired) electrons. The van der Waals surface area contributed by atoms with E-state index >= 15 is 0 Å². The molecule has 0 heterocycles. The molecule has 0 aliphatic carbocycles. The smallest absolute Gasteiger partial charge is 0.176 e. The molecule has 0 spiro atoms. The molecule has 1 atom stereocenters. The summed E-state index contributed by atoms with van der Waals surface area (Å²) in [6.07, 6.45) is 0.952. The third kappa shape index (κ3) is 3.24. The Hall–Kier alpha value is -1.55. The number of hydrogen-bond acceptors (Lipinski definition) is 4. The quantitative estimate of drug-likeness (QED) is 0.524. The molecule has 3 N–H and O–H groups in total. The van der Waals surface area contributed by atoms with E-state index < -0.39 is 0 Å². The van der Waals surface area contributed by atoms with Crippen LogP contribution in [0, 0.1) is 0 Å². The molecular formula is C12H17NO3. The van der Waals surface area contributed by atoms with Crippen LogP contribution in [0.5, 0.6) is 11.5 Å². The summed E-state index contributed by atoms with van der Waals surface area (Å²) in [6.45, 7) is 4.27. The summed E-state index contributed by atoms with van der Waals surface area (Å²) < 4.78 is 0. The summed E-state index contributed by atoms with van der Waals surface area (Å²) in [6, 6.07) is 4.37. The van der Waals surface area contributed by atoms with E-state index in [-0.39, 0.29) is 29.9 Å². The van der Waals surface area contributed by atoms with Crippen molar-refractivity contribution in [2.45, 2.75) is 26.3 Å². The Morgan fingerprint density at radius 3 is 2.62 bits per heavy atom. The lowest BCUT2D eigenvalue weighted by molar-refractivity contribution is 0.0987. The van der Waals surface area contributed by atoms with Crippen LogP contribution < -0.4 is 5.32 Å². The van der Waals surface area contributed by atoms with Gasteiger partial charge in [-0.2, -0.15) is 0 Å². The van der Waals surface area contributed by atoms with E-state index in [2.05, 4.69) is 5.32 Å². The van der Waals surface area contributed by atoms with Gasteiger partial charge in [-0.05, 0) is 31.5 Å². The number of benzene rings is 1. The maximum atomic E-state index is 11.7. The van der Waals surface area contributed by atoms with Crippen molar-refractivity contribution >= 4 is 5.78 Å². The second-order valence-electron chi connectivity index (χ2n) is 3.82. The molecule has 4 nitrogen and oxygen atoms in total. The van der Waals surface area contributed by atoms with Crippen molar-refractivity contribution in [1.29, 1.82) is 0 Å². The Morgan fingerprint density at radius 2 is 2.06 bits per heavy atom. The summed E-state index contributed by atoms with van der Waals surface area (Å²) in [4.78, 5) is 11.7. The van der Waals surface area contributed by atoms with Gasteiger partial charge >= 0.3 is 0 Å². The van der Waals surface area contributed by atoms with Gasteiger partial charge in [-0.3, -0.25) is 4.79 Å². The number of nitrogens with one attached hydrogen (secondary N) is 1. The third-order valence-corrected chi connectivity index (χ3v) is 2.52. The monoisotopic (exact) mass is 223 g/mol. The van der Waals surface area contributed by atoms with Gasteiger partial charge in [0.25, 0.3) is 0 Å². The standard InChI is InChI=1S/C12H17NO3/c1-3-8(2)13-7-12(16)9-4-5-10(14)11(15)6-9/h4-6,8,13-15H,3,7H2,1-2H3. The highest BCUT2D eigenvalue weighted by Crippen LogP contribution is 2.24. The zero-order valence-electron chi connectivity index (χ0n) is 9.53. The Labute approximate surface area is 94.9 Å². The molecule has 1 aromatic rings. The van der Waals surface area contributed by atoms with Gasteiger partial charge in [0.05, 0.1) is 6.54 Å². The van der Waals surface area contributed by atoms with Crippen LogP contribution in [-0.4, -0.2) is 28.6 Å². The maximum Gasteiger partial charge on any atom is 0.176 e. The first-order valence-corrected chi connectivity index (χ1v) is 5.33. The van der Waals surface area contributed by atoms with E-state index in [0.29, 0.717) is 5.56 Å². The summed E-state index contributed by atoms with van der Waals surface area (Å²) in [7, 11) is 0. The fraction of sp³-hybridized carbons (Fsp3) is 0.417. The lowest BCUT2D eigenvalue weighted by atomic mass is 10.1. The fourth-order valence-electron chi connectivity index (χ4n) is 1.21. The molecule has 0 aliphatic heterocycles. The first kappa shape index (κ1) is 12.5. The minimum absolute atomic E-state index is 0.101. The molecule has 1 rings (SSSR count). The van der Waals surface area contributed by atoms with Crippen LogP contribution in [-0.2, 0) is 0 Å². The molecule has 0 saturated heterocycles. The highest BCUT2D eigenvalue weighted by atomic mass is 16.3. The Kier molecular flexibility index (Phi) is 4.31. The van der Waals surface area contributed by atoms with Gasteiger partial charge < -0.3 is 15.5 Å². The van der Waals surface area contributed by atoms with E-state index in [1.165, 1.54) is 18.2 Å². The van der Waals surface area contributed by atoms with Crippen molar-refractivity contribution in [1.82, 2.24) is 5.32 Å². The summed E-state index contributed by atoms with van der Waals surface area (Å²) in [5, 5.41) is 21.4. The van der Waals surface area contributed by atoms with Crippen molar-refractivity contribution < 1.29 is 15.0 Å². The van der Waals surface area contributed by atoms with Gasteiger partial charge in [0.15, 0.2) is 17.3 Å². The number of aromatic hydroxyl groups is 2. The first-order chi connectivity index (χ1) is 7.54. The fourth-order valence-corrected chi connectivity index (χ4v) is 1.21. The Bertz CT molecular complexity index is 377. The normalized spacial score (nSPS) is 12.4. The first-order valence-electron chi connectivity index (χ1n) is 5.33. The van der Waals surface area contributed by atoms with Crippen molar-refractivity contribution in [2.24, 2.45) is 0 Å². The molecule has 0 aromatic heterocycles. The molecule has 0 bridgehead atoms.